The number of hydrogen-bond donors (Lipinski definition) is 1. The van der Waals surface area contributed by atoms with Crippen molar-refractivity contribution in [3.05, 3.63) is 71.6 Å². The second-order valence-corrected chi connectivity index (χ2v) is 6.89. The molecular weight excluding hydrogens is 344 g/mol. The van der Waals surface area contributed by atoms with Crippen LogP contribution < -0.4 is 10.7 Å². The number of anilines is 1. The number of aromatic amines is 1. The third kappa shape index (κ3) is 2.72. The Hall–Kier alpha value is -3.18. The summed E-state index contributed by atoms with van der Waals surface area (Å²) in [6.07, 6.45) is 0. The molecule has 0 saturated heterocycles. The Bertz CT molecular complexity index is 1090. The maximum atomic E-state index is 12.1. The number of H-pyrrole nitrogens is 1. The minimum Gasteiger partial charge on any atom is -0.465 e. The van der Waals surface area contributed by atoms with Gasteiger partial charge in [-0.25, -0.2) is 4.79 Å². The van der Waals surface area contributed by atoms with Gasteiger partial charge < -0.3 is 10.5 Å². The lowest BCUT2D eigenvalue weighted by Gasteiger charge is -2.05. The molecule has 0 aliphatic rings. The number of hydrogen-bond acceptors (Lipinski definition) is 4. The number of rotatable bonds is 3. The molecule has 0 amide bonds. The van der Waals surface area contributed by atoms with Gasteiger partial charge in [0.2, 0.25) is 5.69 Å². The van der Waals surface area contributed by atoms with E-state index in [-0.39, 0.29) is 0 Å². The maximum Gasteiger partial charge on any atom is 0.350 e. The van der Waals surface area contributed by atoms with Crippen molar-refractivity contribution < 1.29 is 14.5 Å². The van der Waals surface area contributed by atoms with E-state index in [1.54, 1.807) is 0 Å². The monoisotopic (exact) mass is 361 g/mol. The number of nitrogens with two attached hydrogens (primary N) is 1. The van der Waals surface area contributed by atoms with Gasteiger partial charge in [-0.15, -0.1) is 0 Å². The Morgan fingerprint density at radius 3 is 2.23 bits per heavy atom. The number of methoxy groups -OCH3 is 1. The Kier molecular flexibility index (Phi) is 4.14. The molecule has 5 heteroatoms. The first-order chi connectivity index (χ1) is 12.7. The van der Waals surface area contributed by atoms with E-state index in [1.807, 2.05) is 60.7 Å². The van der Waals surface area contributed by atoms with Crippen LogP contribution in [0.1, 0.15) is 9.67 Å². The van der Waals surface area contributed by atoms with Crippen molar-refractivity contribution in [1.29, 1.82) is 0 Å². The van der Waals surface area contributed by atoms with Crippen LogP contribution in [0.5, 0.6) is 0 Å². The Labute approximate surface area is 154 Å². The van der Waals surface area contributed by atoms with Crippen molar-refractivity contribution >= 4 is 33.2 Å². The maximum absolute atomic E-state index is 12.1. The summed E-state index contributed by atoms with van der Waals surface area (Å²) in [7, 11) is 1.36. The average molecular weight is 361 g/mol. The molecule has 0 unspecified atom stereocenters. The molecule has 0 bridgehead atoms. The SMILES string of the molecule is COC(=O)c1sc2[nH+]c(-c3ccccc3)cc(-c3ccccc3)c2c1N. The van der Waals surface area contributed by atoms with Crippen molar-refractivity contribution in [2.45, 2.75) is 0 Å². The van der Waals surface area contributed by atoms with Gasteiger partial charge in [-0.3, -0.25) is 0 Å². The van der Waals surface area contributed by atoms with Crippen LogP contribution in [-0.2, 0) is 4.74 Å². The van der Waals surface area contributed by atoms with Crippen LogP contribution in [0.25, 0.3) is 32.6 Å². The summed E-state index contributed by atoms with van der Waals surface area (Å²) >= 11 is 1.32. The first-order valence-corrected chi connectivity index (χ1v) is 8.98. The van der Waals surface area contributed by atoms with Crippen LogP contribution in [0.4, 0.5) is 5.69 Å². The highest BCUT2D eigenvalue weighted by atomic mass is 32.1. The van der Waals surface area contributed by atoms with E-state index in [0.29, 0.717) is 10.6 Å². The molecule has 128 valence electrons. The van der Waals surface area contributed by atoms with E-state index in [1.165, 1.54) is 18.4 Å². The number of carbonyl (C=O) groups excluding carboxylic acids is 1. The fourth-order valence-electron chi connectivity index (χ4n) is 3.04. The molecule has 0 aliphatic carbocycles. The van der Waals surface area contributed by atoms with Gasteiger partial charge in [0.25, 0.3) is 4.83 Å². The van der Waals surface area contributed by atoms with Gasteiger partial charge in [0, 0.05) is 17.2 Å². The fourth-order valence-corrected chi connectivity index (χ4v) is 4.10. The summed E-state index contributed by atoms with van der Waals surface area (Å²) in [5.74, 6) is -0.419. The smallest absolute Gasteiger partial charge is 0.350 e. The summed E-state index contributed by atoms with van der Waals surface area (Å²) < 4.78 is 4.88. The third-order valence-corrected chi connectivity index (χ3v) is 5.39. The van der Waals surface area contributed by atoms with Gasteiger partial charge in [-0.05, 0) is 17.7 Å². The number of pyridine rings is 1. The molecule has 2 aromatic carbocycles. The quantitative estimate of drug-likeness (QED) is 0.549. The summed E-state index contributed by atoms with van der Waals surface area (Å²) in [6.45, 7) is 0. The zero-order valence-electron chi connectivity index (χ0n) is 14.2. The summed E-state index contributed by atoms with van der Waals surface area (Å²) in [4.78, 5) is 16.8. The Morgan fingerprint density at radius 1 is 1.00 bits per heavy atom. The number of thiophene rings is 1. The van der Waals surface area contributed by atoms with Crippen LogP contribution in [0.2, 0.25) is 0 Å². The summed E-state index contributed by atoms with van der Waals surface area (Å²) in [5.41, 5.74) is 10.9. The lowest BCUT2D eigenvalue weighted by Crippen LogP contribution is -2.07. The molecule has 2 heterocycles. The number of carbonyl (C=O) groups is 1. The van der Waals surface area contributed by atoms with Crippen LogP contribution >= 0.6 is 11.3 Å². The zero-order valence-corrected chi connectivity index (χ0v) is 15.0. The van der Waals surface area contributed by atoms with E-state index in [0.717, 1.165) is 32.6 Å². The van der Waals surface area contributed by atoms with E-state index >= 15 is 0 Å². The van der Waals surface area contributed by atoms with Gasteiger partial charge >= 0.3 is 5.97 Å². The number of aromatic nitrogens is 1. The molecule has 0 radical (unpaired) electrons. The molecule has 0 saturated carbocycles. The van der Waals surface area contributed by atoms with E-state index in [2.05, 4.69) is 11.1 Å². The highest BCUT2D eigenvalue weighted by Crippen LogP contribution is 2.39. The fraction of sp³-hybridized carbons (Fsp3) is 0.0476. The highest BCUT2D eigenvalue weighted by molar-refractivity contribution is 7.20. The average Bonchev–Trinajstić information content (AvgIpc) is 3.04. The van der Waals surface area contributed by atoms with Crippen molar-refractivity contribution in [2.75, 3.05) is 12.8 Å². The molecule has 4 nitrogen and oxygen atoms in total. The normalized spacial score (nSPS) is 10.8. The van der Waals surface area contributed by atoms with Gasteiger partial charge in [0.15, 0.2) is 0 Å². The number of fused-ring (bicyclic) bond motifs is 1. The molecular formula is C21H17N2O2S+. The largest absolute Gasteiger partial charge is 0.465 e. The molecule has 4 rings (SSSR count). The minimum absolute atomic E-state index is 0.418. The first kappa shape index (κ1) is 16.3. The predicted octanol–water partition coefficient (Wildman–Crippen LogP) is 4.42. The van der Waals surface area contributed by atoms with Gasteiger partial charge in [0.05, 0.1) is 18.2 Å². The predicted molar refractivity (Wildman–Crippen MR) is 105 cm³/mol. The summed E-state index contributed by atoms with van der Waals surface area (Å²) in [6, 6.07) is 22.2. The standard InChI is InChI=1S/C21H16N2O2S/c1-25-21(24)19-18(22)17-15(13-8-4-2-5-9-13)12-16(23-20(17)26-19)14-10-6-3-7-11-14/h2-12H,22H2,1H3/p+1. The second-order valence-electron chi connectivity index (χ2n) is 5.87. The number of esters is 1. The van der Waals surface area contributed by atoms with Crippen LogP contribution in [0, 0.1) is 0 Å². The lowest BCUT2D eigenvalue weighted by atomic mass is 9.99. The molecule has 3 N–H and O–H groups in total. The molecule has 4 aromatic rings. The van der Waals surface area contributed by atoms with Crippen molar-refractivity contribution in [1.82, 2.24) is 0 Å². The van der Waals surface area contributed by atoms with E-state index in [9.17, 15) is 4.79 Å². The lowest BCUT2D eigenvalue weighted by molar-refractivity contribution is -0.327. The van der Waals surface area contributed by atoms with Crippen molar-refractivity contribution in [2.24, 2.45) is 0 Å². The Balaban J connectivity index is 2.05. The topological polar surface area (TPSA) is 66.5 Å². The number of ether oxygens (including phenoxy) is 1. The Morgan fingerprint density at radius 2 is 1.62 bits per heavy atom. The minimum atomic E-state index is -0.419. The molecule has 0 fully saturated rings. The number of benzene rings is 2. The molecule has 0 spiro atoms. The summed E-state index contributed by atoms with van der Waals surface area (Å²) in [5, 5.41) is 0.848. The van der Waals surface area contributed by atoms with E-state index < -0.39 is 5.97 Å². The third-order valence-electron chi connectivity index (χ3n) is 4.29. The molecule has 0 aliphatic heterocycles. The van der Waals surface area contributed by atoms with Gasteiger partial charge in [-0.1, -0.05) is 59.9 Å². The van der Waals surface area contributed by atoms with Gasteiger partial charge in [-0.2, -0.15) is 4.98 Å². The second kappa shape index (κ2) is 6.61. The molecule has 2 aromatic heterocycles. The van der Waals surface area contributed by atoms with E-state index in [4.69, 9.17) is 10.5 Å². The van der Waals surface area contributed by atoms with Crippen molar-refractivity contribution in [3.63, 3.8) is 0 Å². The van der Waals surface area contributed by atoms with Gasteiger partial charge in [0.1, 0.15) is 4.88 Å². The van der Waals surface area contributed by atoms with Crippen LogP contribution in [0.15, 0.2) is 66.7 Å². The zero-order chi connectivity index (χ0) is 18.1. The number of nitrogens with one attached hydrogen (secondary N) is 1. The molecule has 0 atom stereocenters. The van der Waals surface area contributed by atoms with Crippen LogP contribution in [-0.4, -0.2) is 13.1 Å². The first-order valence-electron chi connectivity index (χ1n) is 8.16. The molecule has 26 heavy (non-hydrogen) atoms. The number of nitrogen functional groups attached to an aromatic ring is 1. The van der Waals surface area contributed by atoms with Crippen LogP contribution in [0.3, 0.4) is 0 Å². The highest BCUT2D eigenvalue weighted by Gasteiger charge is 2.25. The van der Waals surface area contributed by atoms with Crippen molar-refractivity contribution in [3.8, 4) is 22.4 Å².